The van der Waals surface area contributed by atoms with Gasteiger partial charge in [-0.05, 0) is 71.2 Å². The van der Waals surface area contributed by atoms with E-state index in [4.69, 9.17) is 9.47 Å². The van der Waals surface area contributed by atoms with Crippen LogP contribution >= 0.6 is 0 Å². The Morgan fingerprint density at radius 2 is 1.82 bits per heavy atom. The molecule has 5 nitrogen and oxygen atoms in total. The van der Waals surface area contributed by atoms with Crippen molar-refractivity contribution in [2.24, 2.45) is 0 Å². The number of hydrogen-bond donors (Lipinski definition) is 0. The normalized spacial score (nSPS) is 19.4. The molecule has 1 aliphatic carbocycles. The van der Waals surface area contributed by atoms with Gasteiger partial charge in [-0.1, -0.05) is 23.8 Å². The second kappa shape index (κ2) is 11.9. The van der Waals surface area contributed by atoms with Gasteiger partial charge in [-0.25, -0.2) is 4.79 Å². The van der Waals surface area contributed by atoms with Crippen molar-refractivity contribution in [3.8, 4) is 5.75 Å². The van der Waals surface area contributed by atoms with Crippen molar-refractivity contribution in [3.63, 3.8) is 0 Å². The molecule has 0 atom stereocenters. The lowest BCUT2D eigenvalue weighted by atomic mass is 9.92. The molecule has 0 N–H and O–H groups in total. The molecule has 1 fully saturated rings. The number of carbonyl (C=O) groups is 1. The zero-order chi connectivity index (χ0) is 20.4. The van der Waals surface area contributed by atoms with E-state index < -0.39 is 0 Å². The third kappa shape index (κ3) is 7.64. The van der Waals surface area contributed by atoms with Crippen molar-refractivity contribution in [2.75, 3.05) is 33.8 Å². The monoisotopic (exact) mass is 388 g/mol. The number of ether oxygens (including phenoxy) is 2. The molecule has 5 heteroatoms. The van der Waals surface area contributed by atoms with Crippen LogP contribution in [0.15, 0.2) is 36.9 Å². The van der Waals surface area contributed by atoms with E-state index in [9.17, 15) is 4.79 Å². The maximum Gasteiger partial charge on any atom is 0.415 e. The number of unbranched alkanes of at least 4 members (excludes halogenated alkanes) is 1. The molecule has 1 aliphatic rings. The molecule has 0 aromatic heterocycles. The van der Waals surface area contributed by atoms with Gasteiger partial charge in [-0.2, -0.15) is 0 Å². The number of benzene rings is 1. The van der Waals surface area contributed by atoms with Crippen LogP contribution in [0.5, 0.6) is 5.75 Å². The summed E-state index contributed by atoms with van der Waals surface area (Å²) in [6.45, 7) is 8.61. The predicted octanol–water partition coefficient (Wildman–Crippen LogP) is 4.65. The van der Waals surface area contributed by atoms with E-state index in [2.05, 4.69) is 18.5 Å². The van der Waals surface area contributed by atoms with Gasteiger partial charge in [0.2, 0.25) is 0 Å². The quantitative estimate of drug-likeness (QED) is 0.432. The second-order valence-corrected chi connectivity index (χ2v) is 7.85. The largest absolute Gasteiger partial charge is 0.415 e. The molecule has 1 amide bonds. The Morgan fingerprint density at radius 1 is 1.14 bits per heavy atom. The van der Waals surface area contributed by atoms with Crippen molar-refractivity contribution in [3.05, 3.63) is 42.5 Å². The topological polar surface area (TPSA) is 42.0 Å². The molecule has 0 unspecified atom stereocenters. The first kappa shape index (κ1) is 22.4. The summed E-state index contributed by atoms with van der Waals surface area (Å²) in [5, 5.41) is 0. The molecule has 1 saturated carbocycles. The summed E-state index contributed by atoms with van der Waals surface area (Å²) in [5.41, 5.74) is 1.15. The molecule has 0 saturated heterocycles. The van der Waals surface area contributed by atoms with E-state index in [1.165, 1.54) is 0 Å². The fourth-order valence-electron chi connectivity index (χ4n) is 3.57. The number of likely N-dealkylation sites (N-methyl/N-ethyl adjacent to an activating group) is 1. The van der Waals surface area contributed by atoms with Gasteiger partial charge < -0.3 is 19.3 Å². The molecule has 0 heterocycles. The Balaban J connectivity index is 1.62. The zero-order valence-electron chi connectivity index (χ0n) is 17.7. The smallest absolute Gasteiger partial charge is 0.410 e. The molecular formula is C23H36N2O3. The minimum absolute atomic E-state index is 0.227. The molecule has 2 rings (SSSR count). The highest BCUT2D eigenvalue weighted by atomic mass is 16.6. The van der Waals surface area contributed by atoms with Crippen molar-refractivity contribution >= 4 is 6.09 Å². The highest BCUT2D eigenvalue weighted by Gasteiger charge is 2.27. The SMILES string of the molecule is C=CCN(C)CCCCO[C@H]1CC[C@H](N(C)C(=O)Oc2ccc(C)cc2)CC1. The van der Waals surface area contributed by atoms with Crippen LogP contribution in [0.4, 0.5) is 4.79 Å². The number of carbonyl (C=O) groups excluding carboxylic acids is 1. The Bertz CT molecular complexity index is 594. The van der Waals surface area contributed by atoms with E-state index in [0.717, 1.165) is 63.8 Å². The van der Waals surface area contributed by atoms with Gasteiger partial charge in [0.25, 0.3) is 0 Å². The molecule has 0 radical (unpaired) electrons. The van der Waals surface area contributed by atoms with E-state index in [-0.39, 0.29) is 12.1 Å². The minimum atomic E-state index is -0.281. The molecule has 1 aromatic carbocycles. The van der Waals surface area contributed by atoms with E-state index in [1.54, 1.807) is 4.90 Å². The Hall–Kier alpha value is -1.85. The van der Waals surface area contributed by atoms with E-state index >= 15 is 0 Å². The van der Waals surface area contributed by atoms with Gasteiger partial charge in [-0.3, -0.25) is 0 Å². The summed E-state index contributed by atoms with van der Waals surface area (Å²) in [5.74, 6) is 0.596. The minimum Gasteiger partial charge on any atom is -0.410 e. The molecule has 156 valence electrons. The Kier molecular flexibility index (Phi) is 9.51. The van der Waals surface area contributed by atoms with Gasteiger partial charge in [0.1, 0.15) is 5.75 Å². The third-order valence-electron chi connectivity index (χ3n) is 5.43. The molecule has 0 spiro atoms. The number of nitrogens with zero attached hydrogens (tertiary/aromatic N) is 2. The van der Waals surface area contributed by atoms with Crippen molar-refractivity contribution in [1.29, 1.82) is 0 Å². The molecular weight excluding hydrogens is 352 g/mol. The zero-order valence-corrected chi connectivity index (χ0v) is 17.7. The average Bonchev–Trinajstić information content (AvgIpc) is 2.69. The fraction of sp³-hybridized carbons (Fsp3) is 0.609. The molecule has 0 bridgehead atoms. The van der Waals surface area contributed by atoms with Crippen LogP contribution in [0.2, 0.25) is 0 Å². The molecule has 0 aliphatic heterocycles. The van der Waals surface area contributed by atoms with Crippen molar-refractivity contribution < 1.29 is 14.3 Å². The van der Waals surface area contributed by atoms with Crippen LogP contribution in [-0.2, 0) is 4.74 Å². The van der Waals surface area contributed by atoms with Crippen LogP contribution in [0.3, 0.4) is 0 Å². The van der Waals surface area contributed by atoms with Gasteiger partial charge in [0.05, 0.1) is 6.10 Å². The van der Waals surface area contributed by atoms with Gasteiger partial charge in [0, 0.05) is 26.2 Å². The van der Waals surface area contributed by atoms with Crippen LogP contribution in [0, 0.1) is 6.92 Å². The first-order valence-electron chi connectivity index (χ1n) is 10.4. The lowest BCUT2D eigenvalue weighted by Crippen LogP contribution is -2.42. The van der Waals surface area contributed by atoms with Crippen molar-refractivity contribution in [1.82, 2.24) is 9.80 Å². The Labute approximate surface area is 170 Å². The summed E-state index contributed by atoms with van der Waals surface area (Å²) in [6.07, 6.45) is 8.14. The van der Waals surface area contributed by atoms with Crippen LogP contribution < -0.4 is 4.74 Å². The molecule has 1 aromatic rings. The maximum atomic E-state index is 12.4. The maximum absolute atomic E-state index is 12.4. The van der Waals surface area contributed by atoms with Gasteiger partial charge in [-0.15, -0.1) is 6.58 Å². The number of amides is 1. The lowest BCUT2D eigenvalue weighted by Gasteiger charge is -2.34. The Morgan fingerprint density at radius 3 is 2.46 bits per heavy atom. The number of rotatable bonds is 10. The fourth-order valence-corrected chi connectivity index (χ4v) is 3.57. The average molecular weight is 389 g/mol. The summed E-state index contributed by atoms with van der Waals surface area (Å²) in [7, 11) is 3.95. The van der Waals surface area contributed by atoms with Crippen LogP contribution in [-0.4, -0.2) is 61.8 Å². The highest BCUT2D eigenvalue weighted by Crippen LogP contribution is 2.25. The van der Waals surface area contributed by atoms with Gasteiger partial charge in [0.15, 0.2) is 0 Å². The number of aryl methyl sites for hydroxylation is 1. The summed E-state index contributed by atoms with van der Waals surface area (Å²) >= 11 is 0. The lowest BCUT2D eigenvalue weighted by molar-refractivity contribution is 0.0101. The van der Waals surface area contributed by atoms with Gasteiger partial charge >= 0.3 is 6.09 Å². The number of hydrogen-bond acceptors (Lipinski definition) is 4. The highest BCUT2D eigenvalue weighted by molar-refractivity contribution is 5.70. The molecule has 28 heavy (non-hydrogen) atoms. The standard InChI is InChI=1S/C23H36N2O3/c1-5-16-24(3)17-6-7-18-27-21-14-10-20(11-15-21)25(4)23(26)28-22-12-8-19(2)9-13-22/h5,8-9,12-13,20-21H,1,6-7,10-11,14-18H2,2-4H3/t20-,21-. The van der Waals surface area contributed by atoms with Crippen LogP contribution in [0.1, 0.15) is 44.1 Å². The van der Waals surface area contributed by atoms with E-state index in [0.29, 0.717) is 11.9 Å². The summed E-state index contributed by atoms with van der Waals surface area (Å²) < 4.78 is 11.5. The summed E-state index contributed by atoms with van der Waals surface area (Å²) in [4.78, 5) is 16.4. The predicted molar refractivity (Wildman–Crippen MR) is 114 cm³/mol. The third-order valence-corrected chi connectivity index (χ3v) is 5.43. The summed E-state index contributed by atoms with van der Waals surface area (Å²) in [6, 6.07) is 7.79. The first-order chi connectivity index (χ1) is 13.5. The second-order valence-electron chi connectivity index (χ2n) is 7.85. The first-order valence-corrected chi connectivity index (χ1v) is 10.4. The van der Waals surface area contributed by atoms with E-state index in [1.807, 2.05) is 44.3 Å². The van der Waals surface area contributed by atoms with Crippen LogP contribution in [0.25, 0.3) is 0 Å². The van der Waals surface area contributed by atoms with Crippen molar-refractivity contribution in [2.45, 2.75) is 57.6 Å².